The molecule has 0 aliphatic carbocycles. The van der Waals surface area contributed by atoms with Crippen LogP contribution in [0, 0.1) is 0 Å². The number of ether oxygens (including phenoxy) is 6. The molecular weight excluding hydrogens is 897 g/mol. The number of carbonyl (C=O) groups excluding carboxylic acids is 5. The average molecular weight is 957 g/mol. The number of para-hydroxylation sites is 1. The second kappa shape index (κ2) is 29.4. The van der Waals surface area contributed by atoms with Gasteiger partial charge in [0.05, 0.1) is 48.8 Å². The highest BCUT2D eigenvalue weighted by Crippen LogP contribution is 2.29. The fraction of sp³-hybridized carbons (Fsp3) is 0.309. The monoisotopic (exact) mass is 956 g/mol. The molecule has 0 unspecified atom stereocenters. The van der Waals surface area contributed by atoms with Crippen LogP contribution in [-0.2, 0) is 35.0 Å². The molecule has 0 atom stereocenters. The maximum atomic E-state index is 13.6. The van der Waals surface area contributed by atoms with E-state index in [9.17, 15) is 24.0 Å². The maximum absolute atomic E-state index is 13.6. The van der Waals surface area contributed by atoms with E-state index in [4.69, 9.17) is 33.4 Å². The van der Waals surface area contributed by atoms with E-state index < -0.39 is 23.9 Å². The number of esters is 4. The predicted octanol–water partition coefficient (Wildman–Crippen LogP) is 10.9. The number of anilines is 1. The Kier molecular flexibility index (Phi) is 22.5. The smallest absolute Gasteiger partial charge is 0.343 e. The zero-order chi connectivity index (χ0) is 49.1. The predicted molar refractivity (Wildman–Crippen MR) is 269 cm³/mol. The van der Waals surface area contributed by atoms with Crippen molar-refractivity contribution in [3.05, 3.63) is 157 Å². The standard InChI is InChI=1S/C55H60N2O11S/c1-4-51(59)65-36-17-9-7-15-34-63-45-27-23-42(24-28-45)48(58)40-41-22-31-49(68-54(62)43-25-29-46(30-26-43)64-35-16-8-10-18-37-66-52(60)5-2)44(39-41)19-13-14-32-57(33-38-67-53(61)6-3)55-56-47-20-11-12-21-50(47)69-55/h4-6,11-13,19-31,39H,1-3,7-10,14-18,32-38,40H2/b19-13-. The molecule has 69 heavy (non-hydrogen) atoms. The Morgan fingerprint density at radius 1 is 0.594 bits per heavy atom. The fourth-order valence-electron chi connectivity index (χ4n) is 6.81. The zero-order valence-electron chi connectivity index (χ0n) is 39.0. The summed E-state index contributed by atoms with van der Waals surface area (Å²) in [6.45, 7) is 13.1. The average Bonchev–Trinajstić information content (AvgIpc) is 3.81. The van der Waals surface area contributed by atoms with Crippen molar-refractivity contribution >= 4 is 62.4 Å². The summed E-state index contributed by atoms with van der Waals surface area (Å²) < 4.78 is 34.1. The van der Waals surface area contributed by atoms with Crippen molar-refractivity contribution in [2.45, 2.75) is 64.2 Å². The minimum atomic E-state index is -0.554. The van der Waals surface area contributed by atoms with Crippen molar-refractivity contribution in [3.63, 3.8) is 0 Å². The van der Waals surface area contributed by atoms with E-state index in [2.05, 4.69) is 24.6 Å². The molecule has 0 amide bonds. The van der Waals surface area contributed by atoms with Gasteiger partial charge in [0.2, 0.25) is 0 Å². The largest absolute Gasteiger partial charge is 0.494 e. The topological polar surface area (TPSA) is 157 Å². The highest BCUT2D eigenvalue weighted by molar-refractivity contribution is 7.22. The summed E-state index contributed by atoms with van der Waals surface area (Å²) >= 11 is 1.55. The molecule has 0 aliphatic heterocycles. The first kappa shape index (κ1) is 52.6. The molecule has 0 fully saturated rings. The first-order chi connectivity index (χ1) is 33.6. The third kappa shape index (κ3) is 18.7. The van der Waals surface area contributed by atoms with Crippen molar-refractivity contribution in [2.75, 3.05) is 51.0 Å². The second-order valence-electron chi connectivity index (χ2n) is 15.7. The molecule has 0 radical (unpaired) electrons. The molecule has 362 valence electrons. The van der Waals surface area contributed by atoms with Crippen LogP contribution in [0.5, 0.6) is 17.2 Å². The summed E-state index contributed by atoms with van der Waals surface area (Å²) in [7, 11) is 0. The van der Waals surface area contributed by atoms with E-state index in [0.29, 0.717) is 79.9 Å². The quantitative estimate of drug-likeness (QED) is 0.0100. The van der Waals surface area contributed by atoms with Crippen LogP contribution >= 0.6 is 11.3 Å². The van der Waals surface area contributed by atoms with Crippen molar-refractivity contribution in [3.8, 4) is 17.2 Å². The lowest BCUT2D eigenvalue weighted by Crippen LogP contribution is -2.28. The Balaban J connectivity index is 1.21. The lowest BCUT2D eigenvalue weighted by Gasteiger charge is -2.20. The Morgan fingerprint density at radius 2 is 1.14 bits per heavy atom. The van der Waals surface area contributed by atoms with E-state index in [0.717, 1.165) is 90.5 Å². The number of thiazole rings is 1. The highest BCUT2D eigenvalue weighted by atomic mass is 32.1. The summed E-state index contributed by atoms with van der Waals surface area (Å²) in [5, 5.41) is 0.795. The van der Waals surface area contributed by atoms with Gasteiger partial charge < -0.3 is 33.3 Å². The van der Waals surface area contributed by atoms with Crippen LogP contribution in [0.15, 0.2) is 135 Å². The summed E-state index contributed by atoms with van der Waals surface area (Å²) in [6.07, 6.45) is 14.8. The first-order valence-corrected chi connectivity index (χ1v) is 24.0. The van der Waals surface area contributed by atoms with Crippen LogP contribution < -0.4 is 19.1 Å². The lowest BCUT2D eigenvalue weighted by atomic mass is 10.0. The number of rotatable bonds is 32. The molecule has 0 saturated heterocycles. The molecule has 13 nitrogen and oxygen atoms in total. The molecule has 0 bridgehead atoms. The van der Waals surface area contributed by atoms with Gasteiger partial charge >= 0.3 is 23.9 Å². The third-order valence-electron chi connectivity index (χ3n) is 10.5. The van der Waals surface area contributed by atoms with Gasteiger partial charge in [0.1, 0.15) is 23.9 Å². The van der Waals surface area contributed by atoms with Crippen LogP contribution in [0.2, 0.25) is 0 Å². The van der Waals surface area contributed by atoms with Crippen LogP contribution in [0.3, 0.4) is 0 Å². The molecule has 0 saturated carbocycles. The van der Waals surface area contributed by atoms with E-state index >= 15 is 0 Å². The second-order valence-corrected chi connectivity index (χ2v) is 16.7. The normalized spacial score (nSPS) is 10.8. The van der Waals surface area contributed by atoms with Crippen LogP contribution in [0.4, 0.5) is 5.13 Å². The maximum Gasteiger partial charge on any atom is 0.343 e. The molecule has 1 aromatic heterocycles. The number of fused-ring (bicyclic) bond motifs is 1. The summed E-state index contributed by atoms with van der Waals surface area (Å²) in [6, 6.07) is 27.1. The Labute approximate surface area is 408 Å². The van der Waals surface area contributed by atoms with Crippen LogP contribution in [0.1, 0.15) is 89.6 Å². The number of hydrogen-bond donors (Lipinski definition) is 0. The van der Waals surface area contributed by atoms with E-state index in [-0.39, 0.29) is 18.8 Å². The van der Waals surface area contributed by atoms with Gasteiger partial charge in [-0.25, -0.2) is 24.2 Å². The van der Waals surface area contributed by atoms with Gasteiger partial charge in [0, 0.05) is 42.3 Å². The lowest BCUT2D eigenvalue weighted by molar-refractivity contribution is -0.138. The van der Waals surface area contributed by atoms with E-state index in [1.165, 1.54) is 0 Å². The number of Topliss-reactive ketones (excluding diaryl/α,β-unsaturated/α-hetero) is 1. The molecule has 5 aromatic rings. The Hall–Kier alpha value is -7.32. The SMILES string of the molecule is C=CC(=O)OCCCCCCOc1ccc(C(=O)Cc2ccc(OC(=O)c3ccc(OCCCCCCOC(=O)C=C)cc3)c(/C=C\CCN(CCOC(=O)C=C)c3nc4ccccc4s3)c2)cc1. The molecule has 14 heteroatoms. The Bertz CT molecular complexity index is 2480. The molecule has 1 heterocycles. The van der Waals surface area contributed by atoms with Gasteiger partial charge in [-0.15, -0.1) is 0 Å². The number of ketones is 1. The van der Waals surface area contributed by atoms with E-state index in [1.54, 1.807) is 72.0 Å². The van der Waals surface area contributed by atoms with Crippen molar-refractivity contribution in [2.24, 2.45) is 0 Å². The van der Waals surface area contributed by atoms with Crippen molar-refractivity contribution < 1.29 is 52.4 Å². The van der Waals surface area contributed by atoms with Crippen LogP contribution in [0.25, 0.3) is 16.3 Å². The number of hydrogen-bond acceptors (Lipinski definition) is 14. The van der Waals surface area contributed by atoms with Crippen molar-refractivity contribution in [1.82, 2.24) is 4.98 Å². The van der Waals surface area contributed by atoms with Gasteiger partial charge in [0.15, 0.2) is 10.9 Å². The molecule has 0 spiro atoms. The van der Waals surface area contributed by atoms with Gasteiger partial charge in [-0.3, -0.25) is 4.79 Å². The van der Waals surface area contributed by atoms with Gasteiger partial charge in [-0.1, -0.05) is 61.4 Å². The Morgan fingerprint density at radius 3 is 1.72 bits per heavy atom. The first-order valence-electron chi connectivity index (χ1n) is 23.1. The van der Waals surface area contributed by atoms with E-state index in [1.807, 2.05) is 42.5 Å². The summed E-state index contributed by atoms with van der Waals surface area (Å²) in [4.78, 5) is 68.1. The van der Waals surface area contributed by atoms with Crippen molar-refractivity contribution in [1.29, 1.82) is 0 Å². The molecule has 0 N–H and O–H groups in total. The number of nitrogens with zero attached hydrogens (tertiary/aromatic N) is 2. The number of benzene rings is 4. The highest BCUT2D eigenvalue weighted by Gasteiger charge is 2.16. The van der Waals surface area contributed by atoms with Gasteiger partial charge in [0.25, 0.3) is 0 Å². The zero-order valence-corrected chi connectivity index (χ0v) is 39.8. The summed E-state index contributed by atoms with van der Waals surface area (Å²) in [5.74, 6) is -0.356. The molecular formula is C55H60N2O11S. The number of carbonyl (C=O) groups is 5. The van der Waals surface area contributed by atoms with Gasteiger partial charge in [-0.05, 0) is 136 Å². The summed E-state index contributed by atoms with van der Waals surface area (Å²) in [5.41, 5.74) is 3.10. The van der Waals surface area contributed by atoms with Gasteiger partial charge in [-0.2, -0.15) is 0 Å². The third-order valence-corrected chi connectivity index (χ3v) is 11.6. The minimum absolute atomic E-state index is 0.0872. The minimum Gasteiger partial charge on any atom is -0.494 e. The number of unbranched alkanes of at least 4 members (excludes halogenated alkanes) is 6. The molecule has 5 rings (SSSR count). The fourth-order valence-corrected chi connectivity index (χ4v) is 7.83. The molecule has 0 aliphatic rings. The molecule has 4 aromatic carbocycles. The number of aromatic nitrogens is 1. The van der Waals surface area contributed by atoms with Crippen LogP contribution in [-0.4, -0.2) is 80.8 Å².